The third-order valence-electron chi connectivity index (χ3n) is 5.07. The van der Waals surface area contributed by atoms with E-state index in [9.17, 15) is 18.8 Å². The highest BCUT2D eigenvalue weighted by molar-refractivity contribution is 9.10. The Morgan fingerprint density at radius 3 is 2.72 bits per heavy atom. The van der Waals surface area contributed by atoms with Gasteiger partial charge >= 0.3 is 0 Å². The monoisotopic (exact) mass is 521 g/mol. The molecule has 0 fully saturated rings. The third-order valence-corrected chi connectivity index (χ3v) is 5.86. The Hall–Kier alpha value is -2.71. The second-order valence-corrected chi connectivity index (χ2v) is 8.92. The molecule has 1 heterocycles. The van der Waals surface area contributed by atoms with E-state index in [-0.39, 0.29) is 42.2 Å². The van der Waals surface area contributed by atoms with Crippen LogP contribution >= 0.6 is 27.5 Å². The molecule has 0 atom stereocenters. The van der Waals surface area contributed by atoms with Gasteiger partial charge in [0.15, 0.2) is 6.29 Å². The van der Waals surface area contributed by atoms with Gasteiger partial charge in [-0.05, 0) is 38.1 Å². The molecule has 0 saturated heterocycles. The second-order valence-electron chi connectivity index (χ2n) is 7.60. The Bertz CT molecular complexity index is 1180. The molecule has 6 nitrogen and oxygen atoms in total. The minimum atomic E-state index is -0.580. The number of carbonyl (C=O) groups excluding carboxylic acids is 3. The van der Waals surface area contributed by atoms with E-state index >= 15 is 0 Å². The number of nitrogens with one attached hydrogen (secondary N) is 1. The number of halogens is 3. The molecule has 0 aliphatic rings. The first kappa shape index (κ1) is 23.9. The number of hydrogen-bond donors (Lipinski definition) is 1. The van der Waals surface area contributed by atoms with Crippen LogP contribution in [-0.2, 0) is 22.7 Å². The number of aldehydes is 1. The summed E-state index contributed by atoms with van der Waals surface area (Å²) in [6.07, 6.45) is 2.38. The standard InChI is InChI=1S/C23H22BrClFN3O3/c1-14(2)29(11-21(31)27-9-15-4-3-5-19(25)23(15)26)22(32)12-28-10-16(13-30)18-8-17(24)6-7-20(18)28/h3-8,10,13-14H,9,11-12H2,1-2H3,(H,27,31). The molecule has 2 amide bonds. The first-order valence-electron chi connectivity index (χ1n) is 9.94. The molecule has 1 N–H and O–H groups in total. The van der Waals surface area contributed by atoms with Gasteiger partial charge in [-0.25, -0.2) is 4.39 Å². The van der Waals surface area contributed by atoms with Gasteiger partial charge in [0.25, 0.3) is 0 Å². The van der Waals surface area contributed by atoms with E-state index < -0.39 is 11.7 Å². The highest BCUT2D eigenvalue weighted by Gasteiger charge is 2.22. The van der Waals surface area contributed by atoms with Crippen LogP contribution in [0, 0.1) is 5.82 Å². The molecule has 168 valence electrons. The largest absolute Gasteiger partial charge is 0.350 e. The van der Waals surface area contributed by atoms with Crippen LogP contribution < -0.4 is 5.32 Å². The van der Waals surface area contributed by atoms with Crippen LogP contribution in [0.5, 0.6) is 0 Å². The lowest BCUT2D eigenvalue weighted by Gasteiger charge is -2.26. The number of hydrogen-bond acceptors (Lipinski definition) is 3. The van der Waals surface area contributed by atoms with Crippen LogP contribution in [0.25, 0.3) is 10.9 Å². The summed E-state index contributed by atoms with van der Waals surface area (Å²) in [6, 6.07) is 9.81. The topological polar surface area (TPSA) is 71.4 Å². The zero-order valence-corrected chi connectivity index (χ0v) is 19.9. The molecule has 32 heavy (non-hydrogen) atoms. The van der Waals surface area contributed by atoms with Crippen molar-refractivity contribution in [2.75, 3.05) is 6.54 Å². The zero-order valence-electron chi connectivity index (χ0n) is 17.6. The Morgan fingerprint density at radius 1 is 1.28 bits per heavy atom. The number of nitrogens with zero attached hydrogens (tertiary/aromatic N) is 2. The third kappa shape index (κ3) is 5.37. The summed E-state index contributed by atoms with van der Waals surface area (Å²) in [5, 5.41) is 3.35. The van der Waals surface area contributed by atoms with Gasteiger partial charge in [-0.2, -0.15) is 0 Å². The molecule has 0 spiro atoms. The van der Waals surface area contributed by atoms with Crippen LogP contribution in [-0.4, -0.2) is 40.2 Å². The molecule has 0 aliphatic heterocycles. The highest BCUT2D eigenvalue weighted by atomic mass is 79.9. The molecule has 2 aromatic carbocycles. The molecule has 9 heteroatoms. The number of rotatable bonds is 8. The van der Waals surface area contributed by atoms with Gasteiger partial charge in [-0.3, -0.25) is 14.4 Å². The molecule has 0 aliphatic carbocycles. The molecular weight excluding hydrogens is 501 g/mol. The van der Waals surface area contributed by atoms with Gasteiger partial charge in [-0.15, -0.1) is 0 Å². The quantitative estimate of drug-likeness (QED) is 0.441. The van der Waals surface area contributed by atoms with E-state index in [0.29, 0.717) is 5.56 Å². The first-order chi connectivity index (χ1) is 15.2. The summed E-state index contributed by atoms with van der Waals surface area (Å²) in [7, 11) is 0. The fraction of sp³-hybridized carbons (Fsp3) is 0.261. The lowest BCUT2D eigenvalue weighted by atomic mass is 10.2. The van der Waals surface area contributed by atoms with E-state index in [2.05, 4.69) is 21.2 Å². The van der Waals surface area contributed by atoms with E-state index in [0.717, 1.165) is 21.7 Å². The van der Waals surface area contributed by atoms with Crippen LogP contribution in [0.15, 0.2) is 47.1 Å². The van der Waals surface area contributed by atoms with Crippen molar-refractivity contribution in [3.63, 3.8) is 0 Å². The number of aromatic nitrogens is 1. The van der Waals surface area contributed by atoms with E-state index in [1.165, 1.54) is 17.0 Å². The van der Waals surface area contributed by atoms with Crippen molar-refractivity contribution in [1.29, 1.82) is 0 Å². The first-order valence-corrected chi connectivity index (χ1v) is 11.1. The van der Waals surface area contributed by atoms with Crippen molar-refractivity contribution in [3.05, 3.63) is 69.0 Å². The lowest BCUT2D eigenvalue weighted by molar-refractivity contribution is -0.138. The molecule has 0 saturated carbocycles. The lowest BCUT2D eigenvalue weighted by Crippen LogP contribution is -2.45. The molecule has 3 rings (SSSR count). The average molecular weight is 523 g/mol. The number of amides is 2. The molecule has 0 radical (unpaired) electrons. The predicted octanol–water partition coefficient (Wildman–Crippen LogP) is 4.56. The average Bonchev–Trinajstić information content (AvgIpc) is 3.09. The second kappa shape index (κ2) is 10.3. The Balaban J connectivity index is 1.71. The maximum Gasteiger partial charge on any atom is 0.243 e. The summed E-state index contributed by atoms with van der Waals surface area (Å²) in [6.45, 7) is 3.38. The summed E-state index contributed by atoms with van der Waals surface area (Å²) in [5.41, 5.74) is 1.49. The predicted molar refractivity (Wildman–Crippen MR) is 125 cm³/mol. The molecule has 1 aromatic heterocycles. The fourth-order valence-electron chi connectivity index (χ4n) is 3.41. The molecule has 0 bridgehead atoms. The SMILES string of the molecule is CC(C)N(CC(=O)NCc1cccc(Cl)c1F)C(=O)Cn1cc(C=O)c2cc(Br)ccc21. The minimum Gasteiger partial charge on any atom is -0.350 e. The van der Waals surface area contributed by atoms with Crippen LogP contribution in [0.2, 0.25) is 5.02 Å². The normalized spacial score (nSPS) is 11.1. The van der Waals surface area contributed by atoms with E-state index in [1.54, 1.807) is 16.8 Å². The number of fused-ring (bicyclic) bond motifs is 1. The van der Waals surface area contributed by atoms with Crippen molar-refractivity contribution < 1.29 is 18.8 Å². The number of benzene rings is 2. The van der Waals surface area contributed by atoms with Crippen LogP contribution in [0.4, 0.5) is 4.39 Å². The van der Waals surface area contributed by atoms with Crippen molar-refractivity contribution in [1.82, 2.24) is 14.8 Å². The van der Waals surface area contributed by atoms with Gasteiger partial charge < -0.3 is 14.8 Å². The minimum absolute atomic E-state index is 0.0172. The summed E-state index contributed by atoms with van der Waals surface area (Å²) in [4.78, 5) is 38.4. The maximum atomic E-state index is 14.0. The Morgan fingerprint density at radius 2 is 2.03 bits per heavy atom. The number of carbonyl (C=O) groups is 3. The fourth-order valence-corrected chi connectivity index (χ4v) is 3.96. The van der Waals surface area contributed by atoms with Crippen LogP contribution in [0.3, 0.4) is 0 Å². The van der Waals surface area contributed by atoms with E-state index in [4.69, 9.17) is 11.6 Å². The summed E-state index contributed by atoms with van der Waals surface area (Å²) < 4.78 is 16.5. The highest BCUT2D eigenvalue weighted by Crippen LogP contribution is 2.24. The Labute approximate surface area is 198 Å². The van der Waals surface area contributed by atoms with Gasteiger partial charge in [0.1, 0.15) is 12.4 Å². The molecule has 3 aromatic rings. The summed E-state index contributed by atoms with van der Waals surface area (Å²) in [5.74, 6) is -1.27. The molecular formula is C23H22BrClFN3O3. The molecule has 0 unspecified atom stereocenters. The van der Waals surface area contributed by atoms with Gasteiger partial charge in [-0.1, -0.05) is 39.7 Å². The zero-order chi connectivity index (χ0) is 23.4. The van der Waals surface area contributed by atoms with Crippen molar-refractivity contribution in [3.8, 4) is 0 Å². The van der Waals surface area contributed by atoms with Gasteiger partial charge in [0.05, 0.1) is 11.6 Å². The van der Waals surface area contributed by atoms with E-state index in [1.807, 2.05) is 32.0 Å². The summed E-state index contributed by atoms with van der Waals surface area (Å²) >= 11 is 9.16. The smallest absolute Gasteiger partial charge is 0.243 e. The van der Waals surface area contributed by atoms with Crippen molar-refractivity contribution in [2.45, 2.75) is 33.0 Å². The maximum absolute atomic E-state index is 14.0. The van der Waals surface area contributed by atoms with Gasteiger partial charge in [0, 0.05) is 45.3 Å². The van der Waals surface area contributed by atoms with Gasteiger partial charge in [0.2, 0.25) is 11.8 Å². The van der Waals surface area contributed by atoms with Crippen molar-refractivity contribution in [2.24, 2.45) is 0 Å². The van der Waals surface area contributed by atoms with Crippen LogP contribution in [0.1, 0.15) is 29.8 Å². The van der Waals surface area contributed by atoms with Crippen molar-refractivity contribution >= 4 is 56.5 Å². The Kier molecular flexibility index (Phi) is 7.69.